The van der Waals surface area contributed by atoms with Gasteiger partial charge in [-0.2, -0.15) is 8.61 Å². The van der Waals surface area contributed by atoms with Gasteiger partial charge < -0.3 is 0 Å². The Morgan fingerprint density at radius 2 is 0.964 bits per heavy atom. The highest BCUT2D eigenvalue weighted by atomic mass is 79.9. The van der Waals surface area contributed by atoms with Crippen molar-refractivity contribution in [2.75, 3.05) is 13.1 Å². The second-order valence-electron chi connectivity index (χ2n) is 6.76. The molecule has 0 bridgehead atoms. The van der Waals surface area contributed by atoms with Gasteiger partial charge in [0.15, 0.2) is 0 Å². The van der Waals surface area contributed by atoms with Gasteiger partial charge in [-0.25, -0.2) is 16.8 Å². The lowest BCUT2D eigenvalue weighted by atomic mass is 10.2. The van der Waals surface area contributed by atoms with Gasteiger partial charge in [0.2, 0.25) is 20.0 Å². The van der Waals surface area contributed by atoms with E-state index in [9.17, 15) is 16.8 Å². The fraction of sp³-hybridized carbons (Fsp3) is 0.333. The molecule has 0 saturated carbocycles. The first-order valence-corrected chi connectivity index (χ1v) is 13.0. The standard InChI is InChI=1S/C18H20Br2N2O4S2/c1-13-11-22(28(25,26)18-9-5-16(20)6-10-18)14(2)12-21(13)27(23,24)17-7-3-15(19)4-8-17/h3-10,13-14H,11-12H2,1-2H3/t13-,14-/m1/s1. The summed E-state index contributed by atoms with van der Waals surface area (Å²) in [4.78, 5) is 0.387. The maximum atomic E-state index is 13.1. The van der Waals surface area contributed by atoms with Gasteiger partial charge >= 0.3 is 0 Å². The second-order valence-corrected chi connectivity index (χ2v) is 12.4. The summed E-state index contributed by atoms with van der Waals surface area (Å²) in [7, 11) is -7.43. The molecule has 1 aliphatic heterocycles. The molecule has 0 N–H and O–H groups in total. The van der Waals surface area contributed by atoms with Crippen molar-refractivity contribution in [2.24, 2.45) is 0 Å². The van der Waals surface area contributed by atoms with E-state index in [2.05, 4.69) is 31.9 Å². The molecule has 1 fully saturated rings. The molecule has 10 heteroatoms. The zero-order valence-corrected chi connectivity index (χ0v) is 20.1. The average Bonchev–Trinajstić information content (AvgIpc) is 2.63. The third-order valence-electron chi connectivity index (χ3n) is 4.71. The van der Waals surface area contributed by atoms with Crippen LogP contribution in [-0.4, -0.2) is 50.6 Å². The Labute approximate surface area is 182 Å². The number of hydrogen-bond donors (Lipinski definition) is 0. The molecule has 1 aliphatic rings. The molecule has 0 aliphatic carbocycles. The lowest BCUT2D eigenvalue weighted by Gasteiger charge is -2.42. The number of halogens is 2. The van der Waals surface area contributed by atoms with E-state index in [1.807, 2.05) is 0 Å². The van der Waals surface area contributed by atoms with Crippen LogP contribution in [0.1, 0.15) is 13.8 Å². The minimum absolute atomic E-state index is 0.0926. The monoisotopic (exact) mass is 550 g/mol. The average molecular weight is 552 g/mol. The first kappa shape index (κ1) is 21.9. The first-order chi connectivity index (χ1) is 13.0. The van der Waals surface area contributed by atoms with Gasteiger partial charge in [0.1, 0.15) is 0 Å². The predicted octanol–water partition coefficient (Wildman–Crippen LogP) is 3.68. The van der Waals surface area contributed by atoms with Gasteiger partial charge in [-0.15, -0.1) is 0 Å². The molecule has 0 radical (unpaired) electrons. The van der Waals surface area contributed by atoms with Crippen molar-refractivity contribution in [1.29, 1.82) is 0 Å². The molecule has 1 heterocycles. The van der Waals surface area contributed by atoms with Crippen LogP contribution in [0.15, 0.2) is 67.3 Å². The van der Waals surface area contributed by atoms with Gasteiger partial charge in [-0.1, -0.05) is 31.9 Å². The van der Waals surface area contributed by atoms with Crippen molar-refractivity contribution in [3.05, 3.63) is 57.5 Å². The van der Waals surface area contributed by atoms with Crippen LogP contribution in [0, 0.1) is 0 Å². The van der Waals surface area contributed by atoms with Crippen LogP contribution in [0.25, 0.3) is 0 Å². The van der Waals surface area contributed by atoms with Gasteiger partial charge in [0.05, 0.1) is 9.79 Å². The van der Waals surface area contributed by atoms with E-state index in [1.165, 1.54) is 8.61 Å². The maximum Gasteiger partial charge on any atom is 0.243 e. The van der Waals surface area contributed by atoms with Crippen LogP contribution in [0.5, 0.6) is 0 Å². The van der Waals surface area contributed by atoms with Crippen LogP contribution in [-0.2, 0) is 20.0 Å². The lowest BCUT2D eigenvalue weighted by molar-refractivity contribution is 0.163. The molecule has 0 amide bonds. The number of piperazine rings is 1. The third kappa shape index (κ3) is 4.22. The third-order valence-corrected chi connectivity index (χ3v) is 9.76. The zero-order chi connectivity index (χ0) is 20.7. The van der Waals surface area contributed by atoms with Crippen molar-refractivity contribution in [2.45, 2.75) is 35.7 Å². The van der Waals surface area contributed by atoms with Crippen LogP contribution < -0.4 is 0 Å². The fourth-order valence-corrected chi connectivity index (χ4v) is 7.15. The van der Waals surface area contributed by atoms with E-state index >= 15 is 0 Å². The van der Waals surface area contributed by atoms with Gasteiger partial charge in [-0.3, -0.25) is 0 Å². The fourth-order valence-electron chi connectivity index (χ4n) is 3.22. The molecule has 0 aromatic heterocycles. The minimum atomic E-state index is -3.72. The molecule has 2 atom stereocenters. The predicted molar refractivity (Wildman–Crippen MR) is 115 cm³/mol. The van der Waals surface area contributed by atoms with E-state index in [0.29, 0.717) is 0 Å². The van der Waals surface area contributed by atoms with E-state index in [0.717, 1.165) is 8.95 Å². The van der Waals surface area contributed by atoms with Crippen LogP contribution in [0.3, 0.4) is 0 Å². The summed E-state index contributed by atoms with van der Waals surface area (Å²) in [5, 5.41) is 0. The highest BCUT2D eigenvalue weighted by Gasteiger charge is 2.41. The van der Waals surface area contributed by atoms with E-state index in [-0.39, 0.29) is 22.9 Å². The molecule has 6 nitrogen and oxygen atoms in total. The first-order valence-electron chi connectivity index (χ1n) is 8.58. The summed E-state index contributed by atoms with van der Waals surface area (Å²) >= 11 is 6.60. The van der Waals surface area contributed by atoms with Crippen molar-refractivity contribution in [3.8, 4) is 0 Å². The van der Waals surface area contributed by atoms with Gasteiger partial charge in [-0.05, 0) is 62.4 Å². The summed E-state index contributed by atoms with van der Waals surface area (Å²) < 4.78 is 56.6. The molecule has 2 aromatic carbocycles. The molecular weight excluding hydrogens is 532 g/mol. The van der Waals surface area contributed by atoms with Crippen molar-refractivity contribution < 1.29 is 16.8 Å². The topological polar surface area (TPSA) is 74.8 Å². The normalized spacial score (nSPS) is 22.3. The van der Waals surface area contributed by atoms with Crippen molar-refractivity contribution in [3.63, 3.8) is 0 Å². The Kier molecular flexibility index (Phi) is 6.38. The molecule has 2 aromatic rings. The second kappa shape index (κ2) is 8.16. The van der Waals surface area contributed by atoms with Crippen LogP contribution >= 0.6 is 31.9 Å². The van der Waals surface area contributed by atoms with E-state index < -0.39 is 32.1 Å². The molecule has 0 unspecified atom stereocenters. The Balaban J connectivity index is 1.88. The highest BCUT2D eigenvalue weighted by molar-refractivity contribution is 9.10. The largest absolute Gasteiger partial charge is 0.243 e. The number of benzene rings is 2. The highest BCUT2D eigenvalue weighted by Crippen LogP contribution is 2.29. The molecule has 28 heavy (non-hydrogen) atoms. The van der Waals surface area contributed by atoms with Crippen molar-refractivity contribution in [1.82, 2.24) is 8.61 Å². The molecule has 3 rings (SSSR count). The van der Waals surface area contributed by atoms with E-state index in [1.54, 1.807) is 62.4 Å². The summed E-state index contributed by atoms with van der Waals surface area (Å²) in [6.45, 7) is 3.64. The quantitative estimate of drug-likeness (QED) is 0.581. The Bertz CT molecular complexity index is 968. The van der Waals surface area contributed by atoms with E-state index in [4.69, 9.17) is 0 Å². The summed E-state index contributed by atoms with van der Waals surface area (Å²) in [5.41, 5.74) is 0. The Morgan fingerprint density at radius 3 is 1.25 bits per heavy atom. The van der Waals surface area contributed by atoms with Crippen LogP contribution in [0.4, 0.5) is 0 Å². The van der Waals surface area contributed by atoms with Crippen molar-refractivity contribution >= 4 is 51.9 Å². The number of sulfonamides is 2. The Hall–Kier alpha value is -0.780. The summed E-state index contributed by atoms with van der Waals surface area (Å²) in [6.07, 6.45) is 0. The van der Waals surface area contributed by atoms with Gasteiger partial charge in [0, 0.05) is 34.1 Å². The molecular formula is C18H20Br2N2O4S2. The number of nitrogens with zero attached hydrogens (tertiary/aromatic N) is 2. The molecule has 152 valence electrons. The summed E-state index contributed by atoms with van der Waals surface area (Å²) in [6, 6.07) is 11.9. The number of hydrogen-bond acceptors (Lipinski definition) is 4. The molecule has 1 saturated heterocycles. The number of rotatable bonds is 4. The van der Waals surface area contributed by atoms with Crippen LogP contribution in [0.2, 0.25) is 0 Å². The SMILES string of the molecule is C[C@@H]1CN(S(=O)(=O)c2ccc(Br)cc2)[C@H](C)CN1S(=O)(=O)c1ccc(Br)cc1. The zero-order valence-electron chi connectivity index (χ0n) is 15.3. The Morgan fingerprint density at radius 1 is 0.679 bits per heavy atom. The van der Waals surface area contributed by atoms with Gasteiger partial charge in [0.25, 0.3) is 0 Å². The maximum absolute atomic E-state index is 13.1. The summed E-state index contributed by atoms with van der Waals surface area (Å²) in [5.74, 6) is 0. The molecule has 0 spiro atoms. The smallest absolute Gasteiger partial charge is 0.207 e. The lowest BCUT2D eigenvalue weighted by Crippen LogP contribution is -2.59. The minimum Gasteiger partial charge on any atom is -0.207 e.